The van der Waals surface area contributed by atoms with Crippen LogP contribution in [0.4, 0.5) is 5.69 Å². The van der Waals surface area contributed by atoms with E-state index in [1.807, 2.05) is 0 Å². The van der Waals surface area contributed by atoms with Gasteiger partial charge in [-0.1, -0.05) is 11.6 Å². The van der Waals surface area contributed by atoms with E-state index in [2.05, 4.69) is 5.32 Å². The van der Waals surface area contributed by atoms with Crippen LogP contribution in [0.3, 0.4) is 0 Å². The summed E-state index contributed by atoms with van der Waals surface area (Å²) in [6, 6.07) is 4.42. The molecule has 86 valence electrons. The number of nitrogens with two attached hydrogens (primary N) is 1. The second-order valence-corrected chi connectivity index (χ2v) is 4.23. The fourth-order valence-electron chi connectivity index (χ4n) is 1.03. The smallest absolute Gasteiger partial charge is 0.250 e. The highest BCUT2D eigenvalue weighted by molar-refractivity contribution is 6.34. The largest absolute Gasteiger partial charge is 0.366 e. The summed E-state index contributed by atoms with van der Waals surface area (Å²) in [4.78, 5) is 22.2. The van der Waals surface area contributed by atoms with E-state index in [1.165, 1.54) is 18.2 Å². The third-order valence-electron chi connectivity index (χ3n) is 1.86. The molecule has 0 saturated heterocycles. The minimum atomic E-state index is -0.644. The summed E-state index contributed by atoms with van der Waals surface area (Å²) in [6.45, 7) is 1.55. The molecule has 0 aromatic heterocycles. The molecule has 0 aliphatic carbocycles. The van der Waals surface area contributed by atoms with Crippen LogP contribution in [0.2, 0.25) is 5.02 Å². The van der Waals surface area contributed by atoms with Gasteiger partial charge in [-0.2, -0.15) is 0 Å². The summed E-state index contributed by atoms with van der Waals surface area (Å²) >= 11 is 11.4. The van der Waals surface area contributed by atoms with Crippen LogP contribution in [0.1, 0.15) is 17.3 Å². The van der Waals surface area contributed by atoms with Crippen molar-refractivity contribution < 1.29 is 9.59 Å². The first-order valence-electron chi connectivity index (χ1n) is 4.46. The van der Waals surface area contributed by atoms with Crippen LogP contribution in [0.15, 0.2) is 18.2 Å². The van der Waals surface area contributed by atoms with Crippen LogP contribution in [0.5, 0.6) is 0 Å². The van der Waals surface area contributed by atoms with Crippen molar-refractivity contribution in [3.8, 4) is 0 Å². The Labute approximate surface area is 103 Å². The molecule has 0 radical (unpaired) electrons. The van der Waals surface area contributed by atoms with Crippen molar-refractivity contribution in [2.45, 2.75) is 12.3 Å². The molecule has 0 bridgehead atoms. The van der Waals surface area contributed by atoms with Gasteiger partial charge in [0.15, 0.2) is 0 Å². The fraction of sp³-hybridized carbons (Fsp3) is 0.200. The third kappa shape index (κ3) is 3.12. The van der Waals surface area contributed by atoms with Crippen molar-refractivity contribution in [3.05, 3.63) is 28.8 Å². The molecule has 1 atom stereocenters. The SMILES string of the molecule is CC(Cl)C(=O)Nc1ccc(C(N)=O)c(Cl)c1. The van der Waals surface area contributed by atoms with Crippen molar-refractivity contribution in [2.75, 3.05) is 5.32 Å². The van der Waals surface area contributed by atoms with Gasteiger partial charge < -0.3 is 11.1 Å². The molecule has 6 heteroatoms. The molecule has 1 rings (SSSR count). The Balaban J connectivity index is 2.90. The van der Waals surface area contributed by atoms with Crippen LogP contribution < -0.4 is 11.1 Å². The van der Waals surface area contributed by atoms with Crippen LogP contribution in [0, 0.1) is 0 Å². The number of carbonyl (C=O) groups excluding carboxylic acids is 2. The number of amides is 2. The second-order valence-electron chi connectivity index (χ2n) is 3.16. The molecule has 1 aromatic carbocycles. The number of primary amides is 1. The molecule has 0 saturated carbocycles. The predicted molar refractivity (Wildman–Crippen MR) is 63.9 cm³/mol. The van der Waals surface area contributed by atoms with Gasteiger partial charge in [-0.3, -0.25) is 9.59 Å². The first kappa shape index (κ1) is 12.8. The Kier molecular flexibility index (Phi) is 4.15. The Morgan fingerprint density at radius 3 is 2.50 bits per heavy atom. The quantitative estimate of drug-likeness (QED) is 0.817. The maximum absolute atomic E-state index is 11.3. The van der Waals surface area contributed by atoms with E-state index in [9.17, 15) is 9.59 Å². The van der Waals surface area contributed by atoms with Crippen molar-refractivity contribution in [1.29, 1.82) is 0 Å². The van der Waals surface area contributed by atoms with Crippen LogP contribution >= 0.6 is 23.2 Å². The topological polar surface area (TPSA) is 72.2 Å². The zero-order chi connectivity index (χ0) is 12.3. The number of benzene rings is 1. The van der Waals surface area contributed by atoms with E-state index in [0.717, 1.165) is 0 Å². The number of alkyl halides is 1. The van der Waals surface area contributed by atoms with Crippen molar-refractivity contribution in [3.63, 3.8) is 0 Å². The Morgan fingerprint density at radius 1 is 1.44 bits per heavy atom. The van der Waals surface area contributed by atoms with Crippen LogP contribution in [0.25, 0.3) is 0 Å². The van der Waals surface area contributed by atoms with Crippen molar-refractivity contribution >= 4 is 40.7 Å². The van der Waals surface area contributed by atoms with E-state index < -0.39 is 11.3 Å². The number of hydrogen-bond donors (Lipinski definition) is 2. The zero-order valence-electron chi connectivity index (χ0n) is 8.46. The maximum Gasteiger partial charge on any atom is 0.250 e. The molecule has 16 heavy (non-hydrogen) atoms. The van der Waals surface area contributed by atoms with Gasteiger partial charge in [-0.25, -0.2) is 0 Å². The monoisotopic (exact) mass is 260 g/mol. The van der Waals surface area contributed by atoms with Gasteiger partial charge in [0, 0.05) is 5.69 Å². The lowest BCUT2D eigenvalue weighted by atomic mass is 10.2. The molecule has 0 fully saturated rings. The summed E-state index contributed by atoms with van der Waals surface area (Å²) in [5, 5.41) is 2.08. The maximum atomic E-state index is 11.3. The van der Waals surface area contributed by atoms with E-state index in [-0.39, 0.29) is 16.5 Å². The van der Waals surface area contributed by atoms with E-state index in [1.54, 1.807) is 6.92 Å². The first-order valence-corrected chi connectivity index (χ1v) is 5.27. The molecular formula is C10H10Cl2N2O2. The van der Waals surface area contributed by atoms with E-state index >= 15 is 0 Å². The standard InChI is InChI=1S/C10H10Cl2N2O2/c1-5(11)10(16)14-6-2-3-7(9(13)15)8(12)4-6/h2-5H,1H3,(H2,13,15)(H,14,16). The molecule has 4 nitrogen and oxygen atoms in total. The van der Waals surface area contributed by atoms with Gasteiger partial charge >= 0.3 is 0 Å². The van der Waals surface area contributed by atoms with E-state index in [4.69, 9.17) is 28.9 Å². The number of rotatable bonds is 3. The minimum absolute atomic E-state index is 0.188. The number of halogens is 2. The Morgan fingerprint density at radius 2 is 2.06 bits per heavy atom. The third-order valence-corrected chi connectivity index (χ3v) is 2.37. The lowest BCUT2D eigenvalue weighted by molar-refractivity contribution is -0.115. The summed E-state index contributed by atoms with van der Waals surface area (Å²) in [5.74, 6) is -0.960. The second kappa shape index (κ2) is 5.18. The fourth-order valence-corrected chi connectivity index (χ4v) is 1.36. The molecular weight excluding hydrogens is 251 g/mol. The Hall–Kier alpha value is -1.26. The lowest BCUT2D eigenvalue weighted by Gasteiger charge is -2.08. The van der Waals surface area contributed by atoms with Gasteiger partial charge in [0.1, 0.15) is 5.38 Å². The molecule has 0 aliphatic rings. The molecule has 2 amide bonds. The normalized spacial score (nSPS) is 11.9. The molecule has 0 heterocycles. The van der Waals surface area contributed by atoms with Gasteiger partial charge in [0.2, 0.25) is 11.8 Å². The highest BCUT2D eigenvalue weighted by Crippen LogP contribution is 2.20. The Bertz CT molecular complexity index is 433. The number of hydrogen-bond acceptors (Lipinski definition) is 2. The highest BCUT2D eigenvalue weighted by Gasteiger charge is 2.11. The summed E-state index contributed by atoms with van der Waals surface area (Å²) < 4.78 is 0. The summed E-state index contributed by atoms with van der Waals surface area (Å²) in [5.41, 5.74) is 5.75. The predicted octanol–water partition coefficient (Wildman–Crippen LogP) is 2.00. The number of nitrogens with one attached hydrogen (secondary N) is 1. The average Bonchev–Trinajstić information content (AvgIpc) is 2.16. The minimum Gasteiger partial charge on any atom is -0.366 e. The summed E-state index contributed by atoms with van der Waals surface area (Å²) in [7, 11) is 0. The first-order chi connectivity index (χ1) is 7.41. The molecule has 0 spiro atoms. The van der Waals surface area contributed by atoms with Crippen LogP contribution in [-0.2, 0) is 4.79 Å². The van der Waals surface area contributed by atoms with Gasteiger partial charge in [0.25, 0.3) is 0 Å². The number of carbonyl (C=O) groups is 2. The lowest BCUT2D eigenvalue weighted by Crippen LogP contribution is -2.20. The molecule has 0 aliphatic heterocycles. The van der Waals surface area contributed by atoms with Crippen molar-refractivity contribution in [1.82, 2.24) is 0 Å². The molecule has 1 unspecified atom stereocenters. The van der Waals surface area contributed by atoms with E-state index in [0.29, 0.717) is 5.69 Å². The van der Waals surface area contributed by atoms with Gasteiger partial charge in [-0.15, -0.1) is 11.6 Å². The van der Waals surface area contributed by atoms with Gasteiger partial charge in [0.05, 0.1) is 10.6 Å². The van der Waals surface area contributed by atoms with Crippen LogP contribution in [-0.4, -0.2) is 17.2 Å². The summed E-state index contributed by atoms with van der Waals surface area (Å²) in [6.07, 6.45) is 0. The van der Waals surface area contributed by atoms with Crippen molar-refractivity contribution in [2.24, 2.45) is 5.73 Å². The average molecular weight is 261 g/mol. The number of anilines is 1. The molecule has 1 aromatic rings. The molecule has 3 N–H and O–H groups in total. The highest BCUT2D eigenvalue weighted by atomic mass is 35.5. The van der Waals surface area contributed by atoms with Gasteiger partial charge in [-0.05, 0) is 25.1 Å². The zero-order valence-corrected chi connectivity index (χ0v) is 9.97.